The number of fused-ring (bicyclic) bond motifs is 1. The average Bonchev–Trinajstić information content (AvgIpc) is 3.30. The third kappa shape index (κ3) is 7.12. The predicted octanol–water partition coefficient (Wildman–Crippen LogP) is 5.79. The van der Waals surface area contributed by atoms with Crippen molar-refractivity contribution in [3.8, 4) is 11.5 Å². The SMILES string of the molecule is CCOc1cc(/C=N/NC(=O)C(=O)Nc2sc3c(c2C(=O)OC)CCCC3)ccc1OCc1ccc(Cl)cc1Cl. The quantitative estimate of drug-likeness (QED) is 0.138. The standard InChI is InChI=1S/C28H27Cl2N3O6S/c1-3-38-22-12-16(8-11-21(22)39-15-17-9-10-18(29)13-20(17)30)14-31-33-26(35)25(34)32-27-24(28(36)37-2)19-6-4-5-7-23(19)40-27/h8-14H,3-7,15H2,1-2H3,(H,32,34)(H,33,35)/b31-14+. The van der Waals surface area contributed by atoms with Gasteiger partial charge in [-0.15, -0.1) is 11.3 Å². The zero-order valence-electron chi connectivity index (χ0n) is 21.8. The first kappa shape index (κ1) is 29.4. The summed E-state index contributed by atoms with van der Waals surface area (Å²) in [7, 11) is 1.28. The number of amides is 2. The van der Waals surface area contributed by atoms with Crippen LogP contribution in [0.5, 0.6) is 11.5 Å². The first-order chi connectivity index (χ1) is 19.3. The first-order valence-corrected chi connectivity index (χ1v) is 14.1. The molecule has 0 saturated carbocycles. The maximum atomic E-state index is 12.6. The number of benzene rings is 2. The highest BCUT2D eigenvalue weighted by molar-refractivity contribution is 7.17. The Bertz CT molecular complexity index is 1460. The predicted molar refractivity (Wildman–Crippen MR) is 155 cm³/mol. The Morgan fingerprint density at radius 3 is 2.58 bits per heavy atom. The number of carbonyl (C=O) groups excluding carboxylic acids is 3. The van der Waals surface area contributed by atoms with E-state index in [1.54, 1.807) is 36.4 Å². The molecule has 2 aromatic carbocycles. The summed E-state index contributed by atoms with van der Waals surface area (Å²) in [6.07, 6.45) is 4.87. The summed E-state index contributed by atoms with van der Waals surface area (Å²) in [4.78, 5) is 38.3. The fourth-order valence-electron chi connectivity index (χ4n) is 4.13. The molecule has 210 valence electrons. The number of hydrogen-bond acceptors (Lipinski definition) is 8. The number of ether oxygens (including phenoxy) is 3. The lowest BCUT2D eigenvalue weighted by Gasteiger charge is -2.13. The molecule has 0 saturated heterocycles. The number of aryl methyl sites for hydroxylation is 1. The summed E-state index contributed by atoms with van der Waals surface area (Å²) in [5, 5.41) is 7.76. The molecule has 9 nitrogen and oxygen atoms in total. The number of carbonyl (C=O) groups is 3. The summed E-state index contributed by atoms with van der Waals surface area (Å²) < 4.78 is 16.5. The van der Waals surface area contributed by atoms with Gasteiger partial charge in [0, 0.05) is 20.5 Å². The molecule has 0 spiro atoms. The lowest BCUT2D eigenvalue weighted by Crippen LogP contribution is -2.32. The number of hydrazone groups is 1. The van der Waals surface area contributed by atoms with Gasteiger partial charge in [-0.1, -0.05) is 29.3 Å². The Morgan fingerprint density at radius 2 is 1.82 bits per heavy atom. The number of nitrogens with zero attached hydrogens (tertiary/aromatic N) is 1. The van der Waals surface area contributed by atoms with Gasteiger partial charge in [-0.05, 0) is 74.1 Å². The Kier molecular flexibility index (Phi) is 10.0. The van der Waals surface area contributed by atoms with E-state index in [-0.39, 0.29) is 6.61 Å². The fraction of sp³-hybridized carbons (Fsp3) is 0.286. The number of hydrogen-bond donors (Lipinski definition) is 2. The van der Waals surface area contributed by atoms with Gasteiger partial charge in [0.1, 0.15) is 11.6 Å². The highest BCUT2D eigenvalue weighted by Crippen LogP contribution is 2.38. The monoisotopic (exact) mass is 603 g/mol. The summed E-state index contributed by atoms with van der Waals surface area (Å²) in [6, 6.07) is 10.3. The summed E-state index contributed by atoms with van der Waals surface area (Å²) in [5.74, 6) is -1.50. The van der Waals surface area contributed by atoms with Gasteiger partial charge in [-0.2, -0.15) is 5.10 Å². The van der Waals surface area contributed by atoms with Gasteiger partial charge in [0.15, 0.2) is 11.5 Å². The topological polar surface area (TPSA) is 115 Å². The second-order valence-electron chi connectivity index (χ2n) is 8.72. The van der Waals surface area contributed by atoms with Crippen LogP contribution in [0.15, 0.2) is 41.5 Å². The molecule has 0 bridgehead atoms. The number of thiophene rings is 1. The van der Waals surface area contributed by atoms with Crippen LogP contribution in [0, 0.1) is 0 Å². The van der Waals surface area contributed by atoms with Crippen LogP contribution in [0.25, 0.3) is 0 Å². The number of esters is 1. The van der Waals surface area contributed by atoms with Crippen LogP contribution < -0.4 is 20.2 Å². The fourth-order valence-corrected chi connectivity index (χ4v) is 5.87. The number of anilines is 1. The number of rotatable bonds is 9. The Hall–Kier alpha value is -3.60. The van der Waals surface area contributed by atoms with Crippen molar-refractivity contribution < 1.29 is 28.6 Å². The smallest absolute Gasteiger partial charge is 0.341 e. The van der Waals surface area contributed by atoms with Gasteiger partial charge < -0.3 is 19.5 Å². The summed E-state index contributed by atoms with van der Waals surface area (Å²) in [5.41, 5.74) is 4.77. The van der Waals surface area contributed by atoms with E-state index in [1.165, 1.54) is 24.7 Å². The zero-order chi connectivity index (χ0) is 28.6. The molecule has 0 unspecified atom stereocenters. The second-order valence-corrected chi connectivity index (χ2v) is 10.7. The van der Waals surface area contributed by atoms with Crippen LogP contribution in [-0.2, 0) is 33.8 Å². The molecular formula is C28H27Cl2N3O6S. The van der Waals surface area contributed by atoms with Gasteiger partial charge in [0.2, 0.25) is 0 Å². The molecular weight excluding hydrogens is 577 g/mol. The molecule has 4 rings (SSSR count). The molecule has 1 aromatic heterocycles. The summed E-state index contributed by atoms with van der Waals surface area (Å²) >= 11 is 13.5. The lowest BCUT2D eigenvalue weighted by molar-refractivity contribution is -0.136. The van der Waals surface area contributed by atoms with E-state index in [0.29, 0.717) is 44.3 Å². The van der Waals surface area contributed by atoms with E-state index in [0.717, 1.165) is 41.7 Å². The average molecular weight is 605 g/mol. The molecule has 0 fully saturated rings. The van der Waals surface area contributed by atoms with Crippen molar-refractivity contribution in [3.63, 3.8) is 0 Å². The Balaban J connectivity index is 1.39. The Labute approximate surface area is 245 Å². The zero-order valence-corrected chi connectivity index (χ0v) is 24.2. The highest BCUT2D eigenvalue weighted by atomic mass is 35.5. The molecule has 2 N–H and O–H groups in total. The van der Waals surface area contributed by atoms with Crippen molar-refractivity contribution in [2.45, 2.75) is 39.2 Å². The molecule has 0 aliphatic heterocycles. The van der Waals surface area contributed by atoms with Crippen LogP contribution >= 0.6 is 34.5 Å². The van der Waals surface area contributed by atoms with E-state index < -0.39 is 17.8 Å². The van der Waals surface area contributed by atoms with Crippen molar-refractivity contribution in [1.29, 1.82) is 0 Å². The number of nitrogens with one attached hydrogen (secondary N) is 2. The van der Waals surface area contributed by atoms with E-state index in [4.69, 9.17) is 37.4 Å². The van der Waals surface area contributed by atoms with Crippen molar-refractivity contribution in [2.75, 3.05) is 19.0 Å². The number of halogens is 2. The van der Waals surface area contributed by atoms with E-state index in [1.807, 2.05) is 6.92 Å². The minimum Gasteiger partial charge on any atom is -0.490 e. The van der Waals surface area contributed by atoms with E-state index in [9.17, 15) is 14.4 Å². The molecule has 0 atom stereocenters. The molecule has 1 aliphatic carbocycles. The van der Waals surface area contributed by atoms with E-state index in [2.05, 4.69) is 15.8 Å². The second kappa shape index (κ2) is 13.6. The molecule has 1 heterocycles. The molecule has 12 heteroatoms. The van der Waals surface area contributed by atoms with Crippen molar-refractivity contribution >= 4 is 63.5 Å². The van der Waals surface area contributed by atoms with Gasteiger partial charge in [-0.25, -0.2) is 10.2 Å². The third-order valence-corrected chi connectivity index (χ3v) is 7.83. The van der Waals surface area contributed by atoms with Crippen molar-refractivity contribution in [3.05, 3.63) is 73.6 Å². The van der Waals surface area contributed by atoms with Gasteiger partial charge in [-0.3, -0.25) is 9.59 Å². The maximum Gasteiger partial charge on any atom is 0.341 e. The van der Waals surface area contributed by atoms with Crippen LogP contribution in [0.3, 0.4) is 0 Å². The molecule has 3 aromatic rings. The van der Waals surface area contributed by atoms with Gasteiger partial charge >= 0.3 is 17.8 Å². The minimum absolute atomic E-state index is 0.208. The largest absolute Gasteiger partial charge is 0.490 e. The maximum absolute atomic E-state index is 12.6. The lowest BCUT2D eigenvalue weighted by atomic mass is 9.95. The van der Waals surface area contributed by atoms with Gasteiger partial charge in [0.05, 0.1) is 25.5 Å². The van der Waals surface area contributed by atoms with Crippen LogP contribution in [0.4, 0.5) is 5.00 Å². The third-order valence-electron chi connectivity index (χ3n) is 6.04. The van der Waals surface area contributed by atoms with E-state index >= 15 is 0 Å². The molecule has 2 amide bonds. The first-order valence-electron chi connectivity index (χ1n) is 12.5. The number of methoxy groups -OCH3 is 1. The van der Waals surface area contributed by atoms with Crippen LogP contribution in [0.2, 0.25) is 10.0 Å². The molecule has 0 radical (unpaired) electrons. The highest BCUT2D eigenvalue weighted by Gasteiger charge is 2.28. The minimum atomic E-state index is -0.983. The molecule has 1 aliphatic rings. The van der Waals surface area contributed by atoms with Crippen LogP contribution in [0.1, 0.15) is 51.7 Å². The van der Waals surface area contributed by atoms with Gasteiger partial charge in [0.25, 0.3) is 0 Å². The Morgan fingerprint density at radius 1 is 1.02 bits per heavy atom. The van der Waals surface area contributed by atoms with Crippen LogP contribution in [-0.4, -0.2) is 37.7 Å². The normalized spacial score (nSPS) is 12.5. The summed E-state index contributed by atoms with van der Waals surface area (Å²) in [6.45, 7) is 2.45. The van der Waals surface area contributed by atoms with Crippen molar-refractivity contribution in [1.82, 2.24) is 5.43 Å². The molecule has 40 heavy (non-hydrogen) atoms. The van der Waals surface area contributed by atoms with Crippen molar-refractivity contribution in [2.24, 2.45) is 5.10 Å².